The van der Waals surface area contributed by atoms with E-state index in [2.05, 4.69) is 0 Å². The minimum Gasteiger partial charge on any atom is -0.340 e. The molecule has 2 fully saturated rings. The van der Waals surface area contributed by atoms with Crippen LogP contribution in [0.3, 0.4) is 0 Å². The lowest BCUT2D eigenvalue weighted by Crippen LogP contribution is -2.35. The minimum absolute atomic E-state index is 0.156. The first-order valence-electron chi connectivity index (χ1n) is 4.70. The lowest BCUT2D eigenvalue weighted by atomic mass is 10.2. The van der Waals surface area contributed by atoms with Gasteiger partial charge in [0.25, 0.3) is 5.92 Å². The Hall–Kier alpha value is -0.670. The van der Waals surface area contributed by atoms with E-state index in [1.807, 2.05) is 6.92 Å². The van der Waals surface area contributed by atoms with E-state index >= 15 is 0 Å². The third-order valence-electron chi connectivity index (χ3n) is 2.96. The number of hydrogen-bond acceptors (Lipinski definition) is 1. The molecule has 0 bridgehead atoms. The van der Waals surface area contributed by atoms with Gasteiger partial charge in [-0.25, -0.2) is 8.78 Å². The Labute approximate surface area is 75.9 Å². The smallest absolute Gasteiger partial charge is 0.260 e. The Morgan fingerprint density at radius 3 is 2.54 bits per heavy atom. The Morgan fingerprint density at radius 2 is 2.15 bits per heavy atom. The second-order valence-electron chi connectivity index (χ2n) is 4.04. The SMILES string of the molecule is C[C@@H]1CCCN1C(=O)C1CC1(F)F. The van der Waals surface area contributed by atoms with E-state index in [1.54, 1.807) is 4.90 Å². The minimum atomic E-state index is -2.71. The summed E-state index contributed by atoms with van der Waals surface area (Å²) in [6.07, 6.45) is 1.66. The zero-order valence-electron chi connectivity index (χ0n) is 7.59. The van der Waals surface area contributed by atoms with Crippen LogP contribution in [0.4, 0.5) is 8.78 Å². The predicted octanol–water partition coefficient (Wildman–Crippen LogP) is 1.65. The number of likely N-dealkylation sites (tertiary alicyclic amines) is 1. The van der Waals surface area contributed by atoms with Gasteiger partial charge in [-0.2, -0.15) is 0 Å². The maximum Gasteiger partial charge on any atom is 0.260 e. The van der Waals surface area contributed by atoms with Gasteiger partial charge in [-0.05, 0) is 19.8 Å². The molecule has 2 rings (SSSR count). The van der Waals surface area contributed by atoms with Crippen LogP contribution < -0.4 is 0 Å². The van der Waals surface area contributed by atoms with E-state index in [-0.39, 0.29) is 18.4 Å². The van der Waals surface area contributed by atoms with Crippen molar-refractivity contribution in [3.8, 4) is 0 Å². The van der Waals surface area contributed by atoms with E-state index in [0.29, 0.717) is 6.54 Å². The molecule has 0 aromatic heterocycles. The van der Waals surface area contributed by atoms with Gasteiger partial charge in [0, 0.05) is 19.0 Å². The van der Waals surface area contributed by atoms with Crippen molar-refractivity contribution in [2.45, 2.75) is 38.2 Å². The van der Waals surface area contributed by atoms with Crippen molar-refractivity contribution in [1.29, 1.82) is 0 Å². The normalized spacial score (nSPS) is 36.4. The first kappa shape index (κ1) is 8.91. The van der Waals surface area contributed by atoms with Crippen LogP contribution in [0.25, 0.3) is 0 Å². The highest BCUT2D eigenvalue weighted by Gasteiger charge is 2.62. The number of halogens is 2. The lowest BCUT2D eigenvalue weighted by molar-refractivity contribution is -0.135. The molecule has 2 atom stereocenters. The molecule has 1 unspecified atom stereocenters. The quantitative estimate of drug-likeness (QED) is 0.614. The summed E-state index contributed by atoms with van der Waals surface area (Å²) >= 11 is 0. The van der Waals surface area contributed by atoms with E-state index < -0.39 is 11.8 Å². The average molecular weight is 189 g/mol. The first-order valence-corrected chi connectivity index (χ1v) is 4.70. The predicted molar refractivity (Wildman–Crippen MR) is 43.5 cm³/mol. The molecule has 2 aliphatic rings. The molecule has 1 amide bonds. The van der Waals surface area contributed by atoms with Crippen molar-refractivity contribution in [1.82, 2.24) is 4.90 Å². The molecule has 74 valence electrons. The summed E-state index contributed by atoms with van der Waals surface area (Å²) in [5, 5.41) is 0. The Bertz CT molecular complexity index is 242. The Kier molecular flexibility index (Phi) is 1.82. The zero-order chi connectivity index (χ0) is 9.64. The van der Waals surface area contributed by atoms with Crippen LogP contribution in [-0.4, -0.2) is 29.3 Å². The Balaban J connectivity index is 1.98. The molecule has 0 radical (unpaired) electrons. The molecule has 4 heteroatoms. The molecule has 0 aromatic carbocycles. The van der Waals surface area contributed by atoms with Crippen molar-refractivity contribution in [2.75, 3.05) is 6.54 Å². The third kappa shape index (κ3) is 1.42. The number of alkyl halides is 2. The summed E-state index contributed by atoms with van der Waals surface area (Å²) in [5.74, 6) is -4.05. The summed E-state index contributed by atoms with van der Waals surface area (Å²) < 4.78 is 25.2. The standard InChI is InChI=1S/C9H13F2NO/c1-6-3-2-4-12(6)8(13)7-5-9(7,10)11/h6-7H,2-5H2,1H3/t6-,7?/m1/s1. The molecule has 1 saturated carbocycles. The van der Waals surface area contributed by atoms with Crippen LogP contribution >= 0.6 is 0 Å². The second kappa shape index (κ2) is 2.66. The summed E-state index contributed by atoms with van der Waals surface area (Å²) in [7, 11) is 0. The largest absolute Gasteiger partial charge is 0.340 e. The molecular weight excluding hydrogens is 176 g/mol. The molecule has 0 aromatic rings. The van der Waals surface area contributed by atoms with Gasteiger partial charge >= 0.3 is 0 Å². The maximum absolute atomic E-state index is 12.6. The lowest BCUT2D eigenvalue weighted by Gasteiger charge is -2.21. The van der Waals surface area contributed by atoms with Crippen LogP contribution in [-0.2, 0) is 4.79 Å². The maximum atomic E-state index is 12.6. The molecule has 1 aliphatic heterocycles. The number of carbonyl (C=O) groups excluding carboxylic acids is 1. The van der Waals surface area contributed by atoms with Crippen LogP contribution in [0.1, 0.15) is 26.2 Å². The number of rotatable bonds is 1. The van der Waals surface area contributed by atoms with Crippen LogP contribution in [0.15, 0.2) is 0 Å². The fraction of sp³-hybridized carbons (Fsp3) is 0.889. The van der Waals surface area contributed by atoms with Crippen molar-refractivity contribution in [3.05, 3.63) is 0 Å². The van der Waals surface area contributed by atoms with E-state index in [4.69, 9.17) is 0 Å². The second-order valence-corrected chi connectivity index (χ2v) is 4.04. The number of carbonyl (C=O) groups is 1. The van der Waals surface area contributed by atoms with Crippen LogP contribution in [0.2, 0.25) is 0 Å². The summed E-state index contributed by atoms with van der Waals surface area (Å²) in [6.45, 7) is 2.58. The number of hydrogen-bond donors (Lipinski definition) is 0. The van der Waals surface area contributed by atoms with Gasteiger partial charge in [-0.3, -0.25) is 4.79 Å². The highest BCUT2D eigenvalue weighted by molar-refractivity contribution is 5.83. The van der Waals surface area contributed by atoms with Gasteiger partial charge in [0.05, 0.1) is 0 Å². The van der Waals surface area contributed by atoms with Gasteiger partial charge in [0.15, 0.2) is 0 Å². The van der Waals surface area contributed by atoms with Crippen LogP contribution in [0, 0.1) is 5.92 Å². The fourth-order valence-corrected chi connectivity index (χ4v) is 1.94. The molecule has 0 N–H and O–H groups in total. The van der Waals surface area contributed by atoms with E-state index in [9.17, 15) is 13.6 Å². The van der Waals surface area contributed by atoms with Crippen molar-refractivity contribution in [3.63, 3.8) is 0 Å². The molecule has 13 heavy (non-hydrogen) atoms. The van der Waals surface area contributed by atoms with Gasteiger partial charge < -0.3 is 4.90 Å². The summed E-state index contributed by atoms with van der Waals surface area (Å²) in [4.78, 5) is 13.1. The first-order chi connectivity index (χ1) is 6.02. The number of amides is 1. The van der Waals surface area contributed by atoms with Gasteiger partial charge in [-0.15, -0.1) is 0 Å². The van der Waals surface area contributed by atoms with Gasteiger partial charge in [0.2, 0.25) is 5.91 Å². The average Bonchev–Trinajstić information content (AvgIpc) is 2.49. The summed E-state index contributed by atoms with van der Waals surface area (Å²) in [5.41, 5.74) is 0. The highest BCUT2D eigenvalue weighted by Crippen LogP contribution is 2.50. The van der Waals surface area contributed by atoms with Gasteiger partial charge in [0.1, 0.15) is 5.92 Å². The zero-order valence-corrected chi connectivity index (χ0v) is 7.59. The Morgan fingerprint density at radius 1 is 1.54 bits per heavy atom. The topological polar surface area (TPSA) is 20.3 Å². The summed E-state index contributed by atoms with van der Waals surface area (Å²) in [6, 6.07) is 0.156. The molecule has 2 nitrogen and oxygen atoms in total. The van der Waals surface area contributed by atoms with Crippen molar-refractivity contribution in [2.24, 2.45) is 5.92 Å². The third-order valence-corrected chi connectivity index (χ3v) is 2.96. The van der Waals surface area contributed by atoms with E-state index in [1.165, 1.54) is 0 Å². The van der Waals surface area contributed by atoms with Crippen molar-refractivity contribution >= 4 is 5.91 Å². The monoisotopic (exact) mass is 189 g/mol. The fourth-order valence-electron chi connectivity index (χ4n) is 1.94. The van der Waals surface area contributed by atoms with Gasteiger partial charge in [-0.1, -0.05) is 0 Å². The molecule has 1 aliphatic carbocycles. The molecule has 0 spiro atoms. The van der Waals surface area contributed by atoms with Crippen LogP contribution in [0.5, 0.6) is 0 Å². The molecule has 1 heterocycles. The molecular formula is C9H13F2NO. The highest BCUT2D eigenvalue weighted by atomic mass is 19.3. The molecule has 1 saturated heterocycles. The number of nitrogens with zero attached hydrogens (tertiary/aromatic N) is 1. The van der Waals surface area contributed by atoms with Crippen molar-refractivity contribution < 1.29 is 13.6 Å². The van der Waals surface area contributed by atoms with E-state index in [0.717, 1.165) is 12.8 Å².